The molecular weight excluding hydrogens is 326 g/mol. The lowest BCUT2D eigenvalue weighted by molar-refractivity contribution is 0.0638. The standard InChI is InChI=1S/C17H19N3O3S/c21-17(13-9-12-5-6-18-11-14(12)19-10-13)20-7-8-24(22,23)16-4-2-1-3-15(16)20/h5-6,9-11,15-16H,1-4,7-8H2. The number of sulfone groups is 1. The maximum atomic E-state index is 13.0. The average Bonchev–Trinajstić information content (AvgIpc) is 2.61. The Bertz CT molecular complexity index is 897. The number of rotatable bonds is 1. The summed E-state index contributed by atoms with van der Waals surface area (Å²) in [5.74, 6) is -0.0572. The molecule has 7 heteroatoms. The van der Waals surface area contributed by atoms with Gasteiger partial charge < -0.3 is 4.90 Å². The van der Waals surface area contributed by atoms with Crippen LogP contribution in [0.2, 0.25) is 0 Å². The zero-order valence-electron chi connectivity index (χ0n) is 13.3. The summed E-state index contributed by atoms with van der Waals surface area (Å²) in [6, 6.07) is 3.44. The van der Waals surface area contributed by atoms with E-state index in [1.165, 1.54) is 0 Å². The van der Waals surface area contributed by atoms with Gasteiger partial charge in [0, 0.05) is 30.4 Å². The second kappa shape index (κ2) is 5.81. The van der Waals surface area contributed by atoms with Crippen LogP contribution in [0.15, 0.2) is 30.7 Å². The molecule has 1 saturated heterocycles. The van der Waals surface area contributed by atoms with Crippen LogP contribution < -0.4 is 0 Å². The second-order valence-corrected chi connectivity index (χ2v) is 8.89. The Morgan fingerprint density at radius 1 is 1.21 bits per heavy atom. The number of hydrogen-bond donors (Lipinski definition) is 0. The highest BCUT2D eigenvalue weighted by atomic mass is 32.2. The zero-order chi connectivity index (χ0) is 16.7. The van der Waals surface area contributed by atoms with Crippen LogP contribution in [0.4, 0.5) is 0 Å². The van der Waals surface area contributed by atoms with E-state index in [0.29, 0.717) is 12.0 Å². The molecule has 126 valence electrons. The molecule has 0 aromatic carbocycles. The number of hydrogen-bond acceptors (Lipinski definition) is 5. The summed E-state index contributed by atoms with van der Waals surface area (Å²) in [5.41, 5.74) is 1.25. The number of amides is 1. The molecule has 24 heavy (non-hydrogen) atoms. The number of aromatic nitrogens is 2. The van der Waals surface area contributed by atoms with Gasteiger partial charge in [-0.1, -0.05) is 12.8 Å². The molecule has 1 aliphatic carbocycles. The molecule has 2 aromatic rings. The van der Waals surface area contributed by atoms with Crippen LogP contribution >= 0.6 is 0 Å². The van der Waals surface area contributed by atoms with Gasteiger partial charge in [0.15, 0.2) is 9.84 Å². The first-order valence-electron chi connectivity index (χ1n) is 8.28. The molecule has 0 N–H and O–H groups in total. The van der Waals surface area contributed by atoms with Crippen molar-refractivity contribution in [3.8, 4) is 0 Å². The van der Waals surface area contributed by atoms with Crippen molar-refractivity contribution in [2.75, 3.05) is 12.3 Å². The molecule has 0 radical (unpaired) electrons. The van der Waals surface area contributed by atoms with Crippen LogP contribution in [0.5, 0.6) is 0 Å². The molecule has 1 aliphatic heterocycles. The Labute approximate surface area is 140 Å². The van der Waals surface area contributed by atoms with Gasteiger partial charge in [-0.3, -0.25) is 14.8 Å². The van der Waals surface area contributed by atoms with Gasteiger partial charge in [0.05, 0.1) is 28.3 Å². The molecule has 4 rings (SSSR count). The summed E-state index contributed by atoms with van der Waals surface area (Å²) >= 11 is 0. The molecule has 6 nitrogen and oxygen atoms in total. The molecule has 1 amide bonds. The van der Waals surface area contributed by atoms with Gasteiger partial charge in [0.2, 0.25) is 0 Å². The Morgan fingerprint density at radius 2 is 2.04 bits per heavy atom. The van der Waals surface area contributed by atoms with Crippen LogP contribution in [0.3, 0.4) is 0 Å². The van der Waals surface area contributed by atoms with Crippen molar-refractivity contribution in [1.29, 1.82) is 0 Å². The average molecular weight is 345 g/mol. The summed E-state index contributed by atoms with van der Waals surface area (Å²) in [5, 5.41) is 0.460. The molecule has 2 aliphatic rings. The quantitative estimate of drug-likeness (QED) is 0.787. The Morgan fingerprint density at radius 3 is 2.92 bits per heavy atom. The fourth-order valence-electron chi connectivity index (χ4n) is 3.90. The molecule has 0 spiro atoms. The molecule has 3 heterocycles. The fraction of sp³-hybridized carbons (Fsp3) is 0.471. The van der Waals surface area contributed by atoms with Gasteiger partial charge in [0.1, 0.15) is 0 Å². The lowest BCUT2D eigenvalue weighted by atomic mass is 9.93. The minimum atomic E-state index is -3.08. The molecule has 2 unspecified atom stereocenters. The summed E-state index contributed by atoms with van der Waals surface area (Å²) in [6.45, 7) is 0.275. The van der Waals surface area contributed by atoms with Gasteiger partial charge in [-0.2, -0.15) is 0 Å². The van der Waals surface area contributed by atoms with E-state index in [-0.39, 0.29) is 24.2 Å². The highest BCUT2D eigenvalue weighted by molar-refractivity contribution is 7.92. The van der Waals surface area contributed by atoms with Gasteiger partial charge in [-0.05, 0) is 25.0 Å². The van der Waals surface area contributed by atoms with Crippen LogP contribution in [-0.2, 0) is 9.84 Å². The number of pyridine rings is 2. The summed E-state index contributed by atoms with van der Waals surface area (Å²) in [6.07, 6.45) is 8.22. The predicted octanol–water partition coefficient (Wildman–Crippen LogP) is 1.81. The van der Waals surface area contributed by atoms with E-state index < -0.39 is 15.1 Å². The first-order chi connectivity index (χ1) is 11.6. The number of carbonyl (C=O) groups is 1. The molecule has 2 fully saturated rings. The first kappa shape index (κ1) is 15.5. The molecular formula is C17H19N3O3S. The van der Waals surface area contributed by atoms with Crippen molar-refractivity contribution in [3.05, 3.63) is 36.3 Å². The smallest absolute Gasteiger partial charge is 0.255 e. The molecule has 1 saturated carbocycles. The van der Waals surface area contributed by atoms with Crippen molar-refractivity contribution in [1.82, 2.24) is 14.9 Å². The van der Waals surface area contributed by atoms with E-state index in [0.717, 1.165) is 30.2 Å². The van der Waals surface area contributed by atoms with Crippen molar-refractivity contribution in [2.45, 2.75) is 37.0 Å². The molecule has 2 atom stereocenters. The maximum Gasteiger partial charge on any atom is 0.255 e. The third kappa shape index (κ3) is 2.56. The summed E-state index contributed by atoms with van der Waals surface area (Å²) in [7, 11) is -3.08. The minimum Gasteiger partial charge on any atom is -0.333 e. The molecule has 2 aromatic heterocycles. The topological polar surface area (TPSA) is 80.2 Å². The monoisotopic (exact) mass is 345 g/mol. The van der Waals surface area contributed by atoms with E-state index in [2.05, 4.69) is 9.97 Å². The van der Waals surface area contributed by atoms with Crippen molar-refractivity contribution < 1.29 is 13.2 Å². The first-order valence-corrected chi connectivity index (χ1v) is 10.0. The normalized spacial score (nSPS) is 26.1. The number of carbonyl (C=O) groups excluding carboxylic acids is 1. The minimum absolute atomic E-state index is 0.0604. The van der Waals surface area contributed by atoms with Crippen LogP contribution in [0.1, 0.15) is 36.0 Å². The van der Waals surface area contributed by atoms with Crippen LogP contribution in [0.25, 0.3) is 10.9 Å². The third-order valence-electron chi connectivity index (χ3n) is 5.14. The third-order valence-corrected chi connectivity index (χ3v) is 7.36. The van der Waals surface area contributed by atoms with E-state index in [1.807, 2.05) is 12.1 Å². The van der Waals surface area contributed by atoms with Crippen molar-refractivity contribution in [2.24, 2.45) is 0 Å². The summed E-state index contributed by atoms with van der Waals surface area (Å²) in [4.78, 5) is 23.1. The van der Waals surface area contributed by atoms with Gasteiger partial charge in [-0.15, -0.1) is 0 Å². The van der Waals surface area contributed by atoms with Crippen LogP contribution in [-0.4, -0.2) is 52.8 Å². The highest BCUT2D eigenvalue weighted by Gasteiger charge is 2.44. The Kier molecular flexibility index (Phi) is 3.75. The zero-order valence-corrected chi connectivity index (χ0v) is 14.1. The van der Waals surface area contributed by atoms with Crippen LogP contribution in [0, 0.1) is 0 Å². The lowest BCUT2D eigenvalue weighted by Gasteiger charge is -2.43. The Balaban J connectivity index is 1.67. The Hall–Kier alpha value is -2.02. The molecule has 0 bridgehead atoms. The highest BCUT2D eigenvalue weighted by Crippen LogP contribution is 2.33. The van der Waals surface area contributed by atoms with Gasteiger partial charge >= 0.3 is 0 Å². The van der Waals surface area contributed by atoms with Gasteiger partial charge in [-0.25, -0.2) is 8.42 Å². The lowest BCUT2D eigenvalue weighted by Crippen LogP contribution is -2.57. The SMILES string of the molecule is O=C(c1cnc2cnccc2c1)N1CCS(=O)(=O)C2CCCCC21. The number of fused-ring (bicyclic) bond motifs is 2. The van der Waals surface area contributed by atoms with E-state index in [1.54, 1.807) is 23.5 Å². The summed E-state index contributed by atoms with van der Waals surface area (Å²) < 4.78 is 24.7. The van der Waals surface area contributed by atoms with Gasteiger partial charge in [0.25, 0.3) is 5.91 Å². The van der Waals surface area contributed by atoms with E-state index in [4.69, 9.17) is 0 Å². The van der Waals surface area contributed by atoms with Crippen molar-refractivity contribution >= 4 is 26.6 Å². The van der Waals surface area contributed by atoms with E-state index >= 15 is 0 Å². The van der Waals surface area contributed by atoms with Crippen molar-refractivity contribution in [3.63, 3.8) is 0 Å². The maximum absolute atomic E-state index is 13.0. The number of nitrogens with zero attached hydrogens (tertiary/aromatic N) is 3. The largest absolute Gasteiger partial charge is 0.333 e. The second-order valence-electron chi connectivity index (χ2n) is 6.55. The fourth-order valence-corrected chi connectivity index (χ4v) is 5.94. The predicted molar refractivity (Wildman–Crippen MR) is 90.4 cm³/mol. The van der Waals surface area contributed by atoms with E-state index in [9.17, 15) is 13.2 Å².